The third-order valence-electron chi connectivity index (χ3n) is 2.98. The van der Waals surface area contributed by atoms with Crippen molar-refractivity contribution in [1.82, 2.24) is 5.32 Å². The van der Waals surface area contributed by atoms with Gasteiger partial charge in [-0.3, -0.25) is 9.59 Å². The molecule has 1 unspecified atom stereocenters. The maximum Gasteiger partial charge on any atom is 0.308 e. The maximum atomic E-state index is 11.7. The Hall–Kier alpha value is -1.06. The Kier molecular flexibility index (Phi) is 7.59. The summed E-state index contributed by atoms with van der Waals surface area (Å²) in [5.41, 5.74) is 0. The van der Waals surface area contributed by atoms with Crippen LogP contribution in [0.3, 0.4) is 0 Å². The molecule has 0 spiro atoms. The SMILES string of the molecule is CCC(CC)C(=O)NCC(CC(C)C)C(=O)O. The fourth-order valence-electron chi connectivity index (χ4n) is 1.87. The van der Waals surface area contributed by atoms with Crippen LogP contribution in [0.4, 0.5) is 0 Å². The third-order valence-corrected chi connectivity index (χ3v) is 2.98. The number of carbonyl (C=O) groups excluding carboxylic acids is 1. The summed E-state index contributed by atoms with van der Waals surface area (Å²) < 4.78 is 0. The molecule has 0 saturated carbocycles. The lowest BCUT2D eigenvalue weighted by molar-refractivity contribution is -0.142. The Morgan fingerprint density at radius 3 is 2.00 bits per heavy atom. The van der Waals surface area contributed by atoms with Crippen LogP contribution in [0, 0.1) is 17.8 Å². The molecule has 100 valence electrons. The van der Waals surface area contributed by atoms with Crippen LogP contribution in [0.1, 0.15) is 47.0 Å². The predicted molar refractivity (Wildman–Crippen MR) is 67.7 cm³/mol. The van der Waals surface area contributed by atoms with Crippen molar-refractivity contribution in [2.45, 2.75) is 47.0 Å². The van der Waals surface area contributed by atoms with Gasteiger partial charge in [-0.05, 0) is 25.2 Å². The zero-order valence-electron chi connectivity index (χ0n) is 11.3. The lowest BCUT2D eigenvalue weighted by Gasteiger charge is -2.18. The molecule has 0 aromatic rings. The fraction of sp³-hybridized carbons (Fsp3) is 0.846. The standard InChI is InChI=1S/C13H25NO3/c1-5-10(6-2)12(15)14-8-11(13(16)17)7-9(3)4/h9-11H,5-8H2,1-4H3,(H,14,15)(H,16,17). The molecular formula is C13H25NO3. The molecule has 4 heteroatoms. The molecule has 0 heterocycles. The minimum atomic E-state index is -0.830. The van der Waals surface area contributed by atoms with Crippen molar-refractivity contribution in [3.8, 4) is 0 Å². The molecule has 0 bridgehead atoms. The van der Waals surface area contributed by atoms with E-state index in [2.05, 4.69) is 5.32 Å². The summed E-state index contributed by atoms with van der Waals surface area (Å²) in [6, 6.07) is 0. The van der Waals surface area contributed by atoms with Crippen LogP contribution in [0.5, 0.6) is 0 Å². The van der Waals surface area contributed by atoms with Crippen LogP contribution in [0.2, 0.25) is 0 Å². The molecule has 0 aromatic carbocycles. The monoisotopic (exact) mass is 243 g/mol. The van der Waals surface area contributed by atoms with Crippen molar-refractivity contribution in [1.29, 1.82) is 0 Å². The van der Waals surface area contributed by atoms with Crippen molar-refractivity contribution in [3.63, 3.8) is 0 Å². The Morgan fingerprint density at radius 1 is 1.12 bits per heavy atom. The first-order chi connectivity index (χ1) is 7.92. The fourth-order valence-corrected chi connectivity index (χ4v) is 1.87. The van der Waals surface area contributed by atoms with Gasteiger partial charge in [0.1, 0.15) is 0 Å². The summed E-state index contributed by atoms with van der Waals surface area (Å²) in [4.78, 5) is 22.7. The van der Waals surface area contributed by atoms with E-state index >= 15 is 0 Å². The molecule has 4 nitrogen and oxygen atoms in total. The first-order valence-corrected chi connectivity index (χ1v) is 6.42. The van der Waals surface area contributed by atoms with E-state index in [9.17, 15) is 9.59 Å². The van der Waals surface area contributed by atoms with Crippen molar-refractivity contribution in [3.05, 3.63) is 0 Å². The Balaban J connectivity index is 4.21. The number of rotatable bonds is 8. The maximum absolute atomic E-state index is 11.7. The molecule has 0 fully saturated rings. The van der Waals surface area contributed by atoms with E-state index in [1.54, 1.807) is 0 Å². The minimum absolute atomic E-state index is 0.00324. The van der Waals surface area contributed by atoms with Gasteiger partial charge in [0.15, 0.2) is 0 Å². The van der Waals surface area contributed by atoms with Gasteiger partial charge in [-0.15, -0.1) is 0 Å². The highest BCUT2D eigenvalue weighted by molar-refractivity contribution is 5.79. The lowest BCUT2D eigenvalue weighted by Crippen LogP contribution is -2.37. The molecule has 0 aliphatic carbocycles. The van der Waals surface area contributed by atoms with Gasteiger partial charge in [-0.25, -0.2) is 0 Å². The van der Waals surface area contributed by atoms with Crippen LogP contribution >= 0.6 is 0 Å². The number of carboxylic acid groups (broad SMARTS) is 1. The number of nitrogens with one attached hydrogen (secondary N) is 1. The minimum Gasteiger partial charge on any atom is -0.481 e. The van der Waals surface area contributed by atoms with Crippen LogP contribution in [0.25, 0.3) is 0 Å². The predicted octanol–water partition coefficient (Wildman–Crippen LogP) is 2.29. The molecule has 1 atom stereocenters. The lowest BCUT2D eigenvalue weighted by atomic mass is 9.96. The Morgan fingerprint density at radius 2 is 1.65 bits per heavy atom. The number of aliphatic carboxylic acids is 1. The van der Waals surface area contributed by atoms with E-state index in [0.717, 1.165) is 12.8 Å². The summed E-state index contributed by atoms with van der Waals surface area (Å²) in [5.74, 6) is -1.01. The highest BCUT2D eigenvalue weighted by Crippen LogP contribution is 2.12. The second-order valence-electron chi connectivity index (χ2n) is 4.92. The highest BCUT2D eigenvalue weighted by Gasteiger charge is 2.21. The molecule has 1 amide bonds. The first-order valence-electron chi connectivity index (χ1n) is 6.42. The topological polar surface area (TPSA) is 66.4 Å². The Bertz CT molecular complexity index is 247. The van der Waals surface area contributed by atoms with Gasteiger partial charge in [0.25, 0.3) is 0 Å². The Labute approximate surface area is 104 Å². The molecule has 0 saturated heterocycles. The van der Waals surface area contributed by atoms with E-state index < -0.39 is 11.9 Å². The second-order valence-corrected chi connectivity index (χ2v) is 4.92. The smallest absolute Gasteiger partial charge is 0.308 e. The van der Waals surface area contributed by atoms with Crippen LogP contribution in [0.15, 0.2) is 0 Å². The number of hydrogen-bond acceptors (Lipinski definition) is 2. The van der Waals surface area contributed by atoms with E-state index in [4.69, 9.17) is 5.11 Å². The van der Waals surface area contributed by atoms with Gasteiger partial charge < -0.3 is 10.4 Å². The molecule has 2 N–H and O–H groups in total. The van der Waals surface area contributed by atoms with Crippen molar-refractivity contribution >= 4 is 11.9 Å². The van der Waals surface area contributed by atoms with E-state index in [-0.39, 0.29) is 18.4 Å². The molecule has 0 aromatic heterocycles. The van der Waals surface area contributed by atoms with Gasteiger partial charge in [-0.2, -0.15) is 0 Å². The number of carbonyl (C=O) groups is 2. The van der Waals surface area contributed by atoms with Gasteiger partial charge in [0.2, 0.25) is 5.91 Å². The number of amides is 1. The van der Waals surface area contributed by atoms with Crippen LogP contribution < -0.4 is 5.32 Å². The van der Waals surface area contributed by atoms with Crippen molar-refractivity contribution in [2.75, 3.05) is 6.54 Å². The summed E-state index contributed by atoms with van der Waals surface area (Å²) in [6.45, 7) is 8.15. The number of carboxylic acids is 1. The zero-order chi connectivity index (χ0) is 13.4. The summed E-state index contributed by atoms with van der Waals surface area (Å²) >= 11 is 0. The van der Waals surface area contributed by atoms with Gasteiger partial charge >= 0.3 is 5.97 Å². The van der Waals surface area contributed by atoms with Gasteiger partial charge in [-0.1, -0.05) is 27.7 Å². The summed E-state index contributed by atoms with van der Waals surface area (Å²) in [7, 11) is 0. The van der Waals surface area contributed by atoms with E-state index in [1.807, 2.05) is 27.7 Å². The molecule has 0 radical (unpaired) electrons. The van der Waals surface area contributed by atoms with E-state index in [1.165, 1.54) is 0 Å². The normalized spacial score (nSPS) is 12.8. The van der Waals surface area contributed by atoms with Crippen molar-refractivity contribution in [2.24, 2.45) is 17.8 Å². The van der Waals surface area contributed by atoms with E-state index in [0.29, 0.717) is 12.3 Å². The third kappa shape index (κ3) is 6.29. The van der Waals surface area contributed by atoms with Gasteiger partial charge in [0, 0.05) is 12.5 Å². The number of hydrogen-bond donors (Lipinski definition) is 2. The average molecular weight is 243 g/mol. The molecule has 17 heavy (non-hydrogen) atoms. The average Bonchev–Trinajstić information content (AvgIpc) is 2.25. The molecule has 0 rings (SSSR count). The van der Waals surface area contributed by atoms with Gasteiger partial charge in [0.05, 0.1) is 5.92 Å². The van der Waals surface area contributed by atoms with Crippen molar-refractivity contribution < 1.29 is 14.7 Å². The quantitative estimate of drug-likeness (QED) is 0.687. The van der Waals surface area contributed by atoms with Crippen LogP contribution in [-0.2, 0) is 9.59 Å². The molecule has 0 aliphatic heterocycles. The summed E-state index contributed by atoms with van der Waals surface area (Å²) in [5, 5.41) is 11.8. The molecular weight excluding hydrogens is 218 g/mol. The summed E-state index contributed by atoms with van der Waals surface area (Å²) in [6.07, 6.45) is 2.19. The molecule has 0 aliphatic rings. The zero-order valence-corrected chi connectivity index (χ0v) is 11.3. The van der Waals surface area contributed by atoms with Crippen LogP contribution in [-0.4, -0.2) is 23.5 Å². The largest absolute Gasteiger partial charge is 0.481 e. The second kappa shape index (κ2) is 8.09. The first kappa shape index (κ1) is 15.9. The highest BCUT2D eigenvalue weighted by atomic mass is 16.4.